The highest BCUT2D eigenvalue weighted by molar-refractivity contribution is 5.69. The van der Waals surface area contributed by atoms with E-state index in [1.54, 1.807) is 7.11 Å². The molecule has 0 saturated heterocycles. The lowest BCUT2D eigenvalue weighted by molar-refractivity contribution is -0.140. The fourth-order valence-electron chi connectivity index (χ4n) is 11.4. The molecule has 0 heterocycles. The summed E-state index contributed by atoms with van der Waals surface area (Å²) >= 11 is 0. The Labute approximate surface area is 407 Å². The van der Waals surface area contributed by atoms with E-state index in [2.05, 4.69) is 26.0 Å². The first kappa shape index (κ1) is 55.3. The molecule has 0 aliphatic heterocycles. The van der Waals surface area contributed by atoms with E-state index in [0.29, 0.717) is 61.0 Å². The van der Waals surface area contributed by atoms with Crippen LogP contribution in [0.5, 0.6) is 11.5 Å². The number of aliphatic carboxylic acids is 2. The van der Waals surface area contributed by atoms with E-state index < -0.39 is 36.5 Å². The number of unbranched alkanes of at least 4 members (excludes halogenated alkanes) is 4. The van der Waals surface area contributed by atoms with Crippen LogP contribution in [0.25, 0.3) is 0 Å². The Morgan fingerprint density at radius 2 is 1.06 bits per heavy atom. The standard InChI is InChI=1S/C27H40O8.C26H38O8/c1-3-4-5-8-20(35-27(31)33-13-12-32-2)10-11-21-22-14-18-7-6-9-25(34-17-26(29)30)23(18)15-19(22)16-24(21)28;1-2-3-4-7-19(34-26(31)32-12-11-27)9-10-20-21-13-17-6-5-8-24(33-16-25(29)30)22(17)14-18(21)15-23(20)28/h6-7,9,19-22,24,28H,3-5,8,10-17H2,1-2H3,(H,29,30);5-6,8,18-21,23,27-28H,2-4,7,9-16H2,1H3,(H,29,30)/t19-,20-,21+,22-,24+;18-,19-,20+,21-,23+/m00/s1. The molecule has 69 heavy (non-hydrogen) atoms. The zero-order valence-corrected chi connectivity index (χ0v) is 40.9. The lowest BCUT2D eigenvalue weighted by atomic mass is 9.73. The fraction of sp³-hybridized carbons (Fsp3) is 0.698. The van der Waals surface area contributed by atoms with Gasteiger partial charge in [-0.05, 0) is 160 Å². The summed E-state index contributed by atoms with van der Waals surface area (Å²) in [6, 6.07) is 11.6. The van der Waals surface area contributed by atoms with Crippen LogP contribution in [0.1, 0.15) is 126 Å². The van der Waals surface area contributed by atoms with Gasteiger partial charge in [0.25, 0.3) is 0 Å². The van der Waals surface area contributed by atoms with Crippen LogP contribution < -0.4 is 9.47 Å². The maximum Gasteiger partial charge on any atom is 0.508 e. The highest BCUT2D eigenvalue weighted by Crippen LogP contribution is 2.50. The Kier molecular flexibility index (Phi) is 23.1. The Hall–Kier alpha value is -4.64. The van der Waals surface area contributed by atoms with Crippen molar-refractivity contribution in [3.63, 3.8) is 0 Å². The third-order valence-corrected chi connectivity index (χ3v) is 14.6. The van der Waals surface area contributed by atoms with Gasteiger partial charge in [-0.1, -0.05) is 63.8 Å². The van der Waals surface area contributed by atoms with Crippen LogP contribution >= 0.6 is 0 Å². The number of rotatable bonds is 27. The number of hydrogen-bond acceptors (Lipinski definition) is 14. The smallest absolute Gasteiger partial charge is 0.482 e. The van der Waals surface area contributed by atoms with Crippen molar-refractivity contribution in [3.05, 3.63) is 58.7 Å². The van der Waals surface area contributed by atoms with Gasteiger partial charge in [-0.15, -0.1) is 0 Å². The molecule has 4 aliphatic rings. The lowest BCUT2D eigenvalue weighted by Crippen LogP contribution is -2.29. The van der Waals surface area contributed by atoms with Crippen molar-refractivity contribution in [2.24, 2.45) is 35.5 Å². The SMILES string of the molecule is CCCCC[C@@H](CC[C@@H]1[C@H]2Cc3cccc(OCC(=O)O)c3C[C@H]2C[C@H]1O)OC(=O)OCCO.CCCCC[C@@H](CC[C@@H]1[C@H]2Cc3cccc(OCC(=O)O)c3C[C@H]2C[C@H]1O)OC(=O)OCCOC. The molecule has 2 saturated carbocycles. The van der Waals surface area contributed by atoms with E-state index in [-0.39, 0.29) is 57.1 Å². The van der Waals surface area contributed by atoms with E-state index in [0.717, 1.165) is 113 Å². The van der Waals surface area contributed by atoms with Gasteiger partial charge in [0.2, 0.25) is 0 Å². The van der Waals surface area contributed by atoms with Gasteiger partial charge in [0, 0.05) is 7.11 Å². The zero-order valence-electron chi connectivity index (χ0n) is 40.9. The van der Waals surface area contributed by atoms with E-state index in [4.69, 9.17) is 48.5 Å². The van der Waals surface area contributed by atoms with Crippen LogP contribution in [0.2, 0.25) is 0 Å². The normalized spacial score (nSPS) is 23.9. The summed E-state index contributed by atoms with van der Waals surface area (Å²) in [5.41, 5.74) is 4.46. The predicted octanol–water partition coefficient (Wildman–Crippen LogP) is 8.13. The highest BCUT2D eigenvalue weighted by atomic mass is 16.7. The minimum Gasteiger partial charge on any atom is -0.482 e. The molecular weight excluding hydrogens is 893 g/mol. The third-order valence-electron chi connectivity index (χ3n) is 14.6. The molecule has 5 N–H and O–H groups in total. The predicted molar refractivity (Wildman–Crippen MR) is 254 cm³/mol. The third kappa shape index (κ3) is 17.0. The van der Waals surface area contributed by atoms with Crippen molar-refractivity contribution in [1.29, 1.82) is 0 Å². The monoisotopic (exact) mass is 971 g/mol. The van der Waals surface area contributed by atoms with Gasteiger partial charge < -0.3 is 58.7 Å². The summed E-state index contributed by atoms with van der Waals surface area (Å²) < 4.78 is 37.1. The molecule has 6 rings (SSSR count). The second kappa shape index (κ2) is 28.9. The summed E-state index contributed by atoms with van der Waals surface area (Å²) in [5, 5.41) is 48.6. The molecule has 2 aromatic rings. The number of hydrogen-bond donors (Lipinski definition) is 5. The number of ether oxygens (including phenoxy) is 7. The Bertz CT molecular complexity index is 1900. The maximum absolute atomic E-state index is 12.1. The molecule has 0 amide bonds. The van der Waals surface area contributed by atoms with Gasteiger partial charge >= 0.3 is 24.2 Å². The Balaban J connectivity index is 0.000000258. The first-order valence-corrected chi connectivity index (χ1v) is 25.4. The molecule has 4 aliphatic carbocycles. The molecule has 0 bridgehead atoms. The van der Waals surface area contributed by atoms with Crippen molar-refractivity contribution < 1.29 is 77.9 Å². The molecule has 0 unspecified atom stereocenters. The van der Waals surface area contributed by atoms with Crippen molar-refractivity contribution in [2.75, 3.05) is 46.8 Å². The minimum atomic E-state index is -1.00. The van der Waals surface area contributed by atoms with Gasteiger partial charge in [0.05, 0.1) is 25.4 Å². The van der Waals surface area contributed by atoms with E-state index in [1.165, 1.54) is 5.56 Å². The van der Waals surface area contributed by atoms with Crippen LogP contribution in [-0.2, 0) is 59.0 Å². The number of carbonyl (C=O) groups excluding carboxylic acids is 2. The number of benzene rings is 2. The molecule has 16 heteroatoms. The number of aliphatic hydroxyl groups excluding tert-OH is 3. The molecule has 386 valence electrons. The molecule has 2 aromatic carbocycles. The number of fused-ring (bicyclic) bond motifs is 4. The zero-order chi connectivity index (χ0) is 49.7. The minimum absolute atomic E-state index is 0.0802. The van der Waals surface area contributed by atoms with Crippen LogP contribution in [0.3, 0.4) is 0 Å². The van der Waals surface area contributed by atoms with Gasteiger partial charge in [-0.3, -0.25) is 0 Å². The summed E-state index contributed by atoms with van der Waals surface area (Å²) in [7, 11) is 1.55. The Morgan fingerprint density at radius 1 is 0.609 bits per heavy atom. The van der Waals surface area contributed by atoms with Crippen molar-refractivity contribution in [2.45, 2.75) is 154 Å². The van der Waals surface area contributed by atoms with Crippen LogP contribution in [-0.4, -0.2) is 121 Å². The largest absolute Gasteiger partial charge is 0.508 e. The quantitative estimate of drug-likeness (QED) is 0.0420. The highest BCUT2D eigenvalue weighted by Gasteiger charge is 2.46. The summed E-state index contributed by atoms with van der Waals surface area (Å²) in [6.07, 6.45) is 12.6. The molecule has 0 spiro atoms. The molecule has 10 atom stereocenters. The van der Waals surface area contributed by atoms with Crippen LogP contribution in [0.4, 0.5) is 9.59 Å². The summed E-state index contributed by atoms with van der Waals surface area (Å²) in [4.78, 5) is 45.9. The maximum atomic E-state index is 12.1. The topological polar surface area (TPSA) is 234 Å². The molecule has 0 aromatic heterocycles. The van der Waals surface area contributed by atoms with Crippen molar-refractivity contribution >= 4 is 24.2 Å². The first-order chi connectivity index (χ1) is 33.3. The summed E-state index contributed by atoms with van der Waals surface area (Å²) in [5.74, 6) is 0.842. The number of carboxylic acids is 2. The molecule has 2 fully saturated rings. The van der Waals surface area contributed by atoms with E-state index in [1.807, 2.05) is 24.3 Å². The number of carbonyl (C=O) groups is 4. The number of aliphatic hydroxyl groups is 3. The summed E-state index contributed by atoms with van der Waals surface area (Å²) in [6.45, 7) is 3.72. The fourth-order valence-corrected chi connectivity index (χ4v) is 11.4. The number of carboxylic acid groups (broad SMARTS) is 2. The first-order valence-electron chi connectivity index (χ1n) is 25.4. The van der Waals surface area contributed by atoms with Gasteiger partial charge in [0.1, 0.15) is 36.9 Å². The van der Waals surface area contributed by atoms with Gasteiger partial charge in [0.15, 0.2) is 13.2 Å². The van der Waals surface area contributed by atoms with E-state index >= 15 is 0 Å². The van der Waals surface area contributed by atoms with Crippen LogP contribution in [0.15, 0.2) is 36.4 Å². The van der Waals surface area contributed by atoms with Crippen molar-refractivity contribution in [1.82, 2.24) is 0 Å². The van der Waals surface area contributed by atoms with Crippen LogP contribution in [0, 0.1) is 35.5 Å². The van der Waals surface area contributed by atoms with Crippen molar-refractivity contribution in [3.8, 4) is 11.5 Å². The molecule has 0 radical (unpaired) electrons. The van der Waals surface area contributed by atoms with Gasteiger partial charge in [-0.2, -0.15) is 0 Å². The number of methoxy groups -OCH3 is 1. The van der Waals surface area contributed by atoms with Gasteiger partial charge in [-0.25, -0.2) is 19.2 Å². The second-order valence-electron chi connectivity index (χ2n) is 19.3. The average molecular weight is 971 g/mol. The average Bonchev–Trinajstić information content (AvgIpc) is 3.80. The second-order valence-corrected chi connectivity index (χ2v) is 19.3. The lowest BCUT2D eigenvalue weighted by Gasteiger charge is -2.32. The molecule has 16 nitrogen and oxygen atoms in total. The molecular formula is C53H78O16. The van der Waals surface area contributed by atoms with E-state index in [9.17, 15) is 29.4 Å². The Morgan fingerprint density at radius 3 is 1.46 bits per heavy atom.